The van der Waals surface area contributed by atoms with Crippen LogP contribution in [0.2, 0.25) is 5.02 Å². The zero-order valence-electron chi connectivity index (χ0n) is 5.54. The summed E-state index contributed by atoms with van der Waals surface area (Å²) in [5.41, 5.74) is 0.979. The maximum absolute atomic E-state index is 5.84. The molecule has 0 saturated heterocycles. The highest BCUT2D eigenvalue weighted by Crippen LogP contribution is 2.19. The lowest BCUT2D eigenvalue weighted by Gasteiger charge is -1.88. The topological polar surface area (TPSA) is 28.7 Å². The van der Waals surface area contributed by atoms with Gasteiger partial charge < -0.3 is 0 Å². The van der Waals surface area contributed by atoms with Crippen molar-refractivity contribution in [2.45, 2.75) is 0 Å². The predicted molar refractivity (Wildman–Crippen MR) is 48.4 cm³/mol. The number of aromatic nitrogens is 2. The summed E-state index contributed by atoms with van der Waals surface area (Å²) in [6, 6.07) is 5.68. The molecule has 0 spiro atoms. The van der Waals surface area contributed by atoms with Gasteiger partial charge in [0.05, 0.1) is 16.7 Å². The van der Waals surface area contributed by atoms with E-state index in [1.807, 2.05) is 18.2 Å². The van der Waals surface area contributed by atoms with Crippen LogP contribution in [0, 0.1) is 0 Å². The summed E-state index contributed by atoms with van der Waals surface area (Å²) in [5, 5.41) is 8.40. The number of aromatic amines is 1. The molecule has 1 heterocycles. The van der Waals surface area contributed by atoms with Gasteiger partial charge in [-0.3, -0.25) is 5.10 Å². The van der Waals surface area contributed by atoms with Crippen molar-refractivity contribution in [1.29, 1.82) is 0 Å². The molecule has 2 rings (SSSR count). The highest BCUT2D eigenvalue weighted by atomic mass is 35.5. The molecule has 0 unspecified atom stereocenters. The second-order valence-corrected chi connectivity index (χ2v) is 2.48. The van der Waals surface area contributed by atoms with Crippen LogP contribution in [0.5, 0.6) is 0 Å². The standard InChI is InChI=1S/C7H5ClN2.ClH/c8-6-2-1-3-7-5(6)4-9-10-7;/h1-4H,(H,9,10);1H. The summed E-state index contributed by atoms with van der Waals surface area (Å²) >= 11 is 5.84. The second-order valence-electron chi connectivity index (χ2n) is 2.07. The summed E-state index contributed by atoms with van der Waals surface area (Å²) in [5.74, 6) is 0. The molecule has 0 radical (unpaired) electrons. The Morgan fingerprint density at radius 1 is 1.36 bits per heavy atom. The molecule has 1 aromatic heterocycles. The van der Waals surface area contributed by atoms with Crippen molar-refractivity contribution in [3.63, 3.8) is 0 Å². The third-order valence-corrected chi connectivity index (χ3v) is 1.76. The fourth-order valence-corrected chi connectivity index (χ4v) is 1.16. The second kappa shape index (κ2) is 3.11. The molecule has 58 valence electrons. The zero-order valence-corrected chi connectivity index (χ0v) is 7.12. The smallest absolute Gasteiger partial charge is 0.0665 e. The number of halogens is 2. The number of benzene rings is 1. The monoisotopic (exact) mass is 188 g/mol. The maximum atomic E-state index is 5.84. The molecule has 2 nitrogen and oxygen atoms in total. The van der Waals surface area contributed by atoms with Gasteiger partial charge in [0.2, 0.25) is 0 Å². The molecule has 11 heavy (non-hydrogen) atoms. The number of H-pyrrole nitrogens is 1. The first-order chi connectivity index (χ1) is 4.88. The van der Waals surface area contributed by atoms with E-state index in [9.17, 15) is 0 Å². The molecule has 0 saturated carbocycles. The van der Waals surface area contributed by atoms with Crippen molar-refractivity contribution >= 4 is 34.9 Å². The normalized spacial score (nSPS) is 9.55. The number of hydrogen-bond donors (Lipinski definition) is 1. The lowest BCUT2D eigenvalue weighted by Crippen LogP contribution is -1.66. The van der Waals surface area contributed by atoms with Crippen LogP contribution in [0.25, 0.3) is 10.9 Å². The number of fused-ring (bicyclic) bond motifs is 1. The van der Waals surface area contributed by atoms with E-state index in [0.29, 0.717) is 0 Å². The Balaban J connectivity index is 0.000000605. The van der Waals surface area contributed by atoms with Crippen LogP contribution in [0.1, 0.15) is 0 Å². The first-order valence-electron chi connectivity index (χ1n) is 2.95. The number of rotatable bonds is 0. The van der Waals surface area contributed by atoms with Crippen molar-refractivity contribution in [2.24, 2.45) is 0 Å². The Hall–Kier alpha value is -0.730. The molecule has 2 aromatic rings. The van der Waals surface area contributed by atoms with Gasteiger partial charge in [0.25, 0.3) is 0 Å². The zero-order chi connectivity index (χ0) is 6.97. The predicted octanol–water partition coefficient (Wildman–Crippen LogP) is 2.64. The van der Waals surface area contributed by atoms with E-state index in [-0.39, 0.29) is 12.4 Å². The lowest BCUT2D eigenvalue weighted by atomic mass is 10.3. The van der Waals surface area contributed by atoms with Crippen molar-refractivity contribution < 1.29 is 0 Å². The van der Waals surface area contributed by atoms with Gasteiger partial charge >= 0.3 is 0 Å². The van der Waals surface area contributed by atoms with Crippen LogP contribution in [-0.4, -0.2) is 10.2 Å². The molecule has 0 amide bonds. The average molecular weight is 189 g/mol. The number of hydrogen-bond acceptors (Lipinski definition) is 1. The largest absolute Gasteiger partial charge is 0.278 e. The lowest BCUT2D eigenvalue weighted by molar-refractivity contribution is 1.12. The minimum absolute atomic E-state index is 0. The van der Waals surface area contributed by atoms with Crippen LogP contribution in [0.3, 0.4) is 0 Å². The molecule has 1 aromatic carbocycles. The molecule has 0 aliphatic heterocycles. The Labute approximate surface area is 75.0 Å². The van der Waals surface area contributed by atoms with Crippen molar-refractivity contribution in [3.05, 3.63) is 29.4 Å². The molecule has 0 fully saturated rings. The van der Waals surface area contributed by atoms with Crippen LogP contribution in [-0.2, 0) is 0 Å². The van der Waals surface area contributed by atoms with E-state index < -0.39 is 0 Å². The van der Waals surface area contributed by atoms with Crippen molar-refractivity contribution in [1.82, 2.24) is 10.2 Å². The van der Waals surface area contributed by atoms with Gasteiger partial charge in [-0.25, -0.2) is 0 Å². The third kappa shape index (κ3) is 1.32. The molecule has 0 atom stereocenters. The van der Waals surface area contributed by atoms with Crippen LogP contribution < -0.4 is 0 Å². The highest BCUT2D eigenvalue weighted by Gasteiger charge is 1.96. The average Bonchev–Trinajstić information content (AvgIpc) is 2.36. The Kier molecular flexibility index (Phi) is 2.37. The first kappa shape index (κ1) is 8.37. The van der Waals surface area contributed by atoms with E-state index in [1.54, 1.807) is 6.20 Å². The number of nitrogens with zero attached hydrogens (tertiary/aromatic N) is 1. The quantitative estimate of drug-likeness (QED) is 0.677. The summed E-state index contributed by atoms with van der Waals surface area (Å²) in [6.45, 7) is 0. The van der Waals surface area contributed by atoms with Gasteiger partial charge in [-0.2, -0.15) is 5.10 Å². The summed E-state index contributed by atoms with van der Waals surface area (Å²) in [7, 11) is 0. The maximum Gasteiger partial charge on any atom is 0.0665 e. The molecule has 1 N–H and O–H groups in total. The first-order valence-corrected chi connectivity index (χ1v) is 3.33. The van der Waals surface area contributed by atoms with Crippen molar-refractivity contribution in [2.75, 3.05) is 0 Å². The Morgan fingerprint density at radius 2 is 2.18 bits per heavy atom. The molecular weight excluding hydrogens is 183 g/mol. The van der Waals surface area contributed by atoms with E-state index in [2.05, 4.69) is 10.2 Å². The molecule has 4 heteroatoms. The van der Waals surface area contributed by atoms with Gasteiger partial charge in [0.15, 0.2) is 0 Å². The summed E-state index contributed by atoms with van der Waals surface area (Å²) < 4.78 is 0. The van der Waals surface area contributed by atoms with E-state index in [0.717, 1.165) is 15.9 Å². The summed E-state index contributed by atoms with van der Waals surface area (Å²) in [6.07, 6.45) is 1.72. The van der Waals surface area contributed by atoms with Crippen LogP contribution in [0.4, 0.5) is 0 Å². The van der Waals surface area contributed by atoms with Crippen LogP contribution >= 0.6 is 24.0 Å². The van der Waals surface area contributed by atoms with Crippen molar-refractivity contribution in [3.8, 4) is 0 Å². The highest BCUT2D eigenvalue weighted by molar-refractivity contribution is 6.35. The Bertz CT molecular complexity index is 356. The minimum atomic E-state index is 0. The SMILES string of the molecule is Cl.Clc1cccc2[nH]ncc12. The molecule has 0 bridgehead atoms. The van der Waals surface area contributed by atoms with E-state index in [1.165, 1.54) is 0 Å². The fraction of sp³-hybridized carbons (Fsp3) is 0. The van der Waals surface area contributed by atoms with E-state index in [4.69, 9.17) is 11.6 Å². The van der Waals surface area contributed by atoms with Gasteiger partial charge in [-0.1, -0.05) is 17.7 Å². The van der Waals surface area contributed by atoms with Gasteiger partial charge in [-0.15, -0.1) is 12.4 Å². The Morgan fingerprint density at radius 3 is 2.91 bits per heavy atom. The third-order valence-electron chi connectivity index (χ3n) is 1.43. The van der Waals surface area contributed by atoms with E-state index >= 15 is 0 Å². The molecule has 0 aliphatic rings. The fourth-order valence-electron chi connectivity index (χ4n) is 0.932. The van der Waals surface area contributed by atoms with Gasteiger partial charge in [-0.05, 0) is 12.1 Å². The summed E-state index contributed by atoms with van der Waals surface area (Å²) in [4.78, 5) is 0. The van der Waals surface area contributed by atoms with Crippen LogP contribution in [0.15, 0.2) is 24.4 Å². The molecular formula is C7H6Cl2N2. The van der Waals surface area contributed by atoms with Gasteiger partial charge in [0.1, 0.15) is 0 Å². The minimum Gasteiger partial charge on any atom is -0.278 e. The number of nitrogens with one attached hydrogen (secondary N) is 1. The molecule has 0 aliphatic carbocycles. The van der Waals surface area contributed by atoms with Gasteiger partial charge in [0, 0.05) is 5.39 Å².